The number of fused-ring (bicyclic) bond motifs is 1. The third-order valence-corrected chi connectivity index (χ3v) is 4.98. The van der Waals surface area contributed by atoms with Gasteiger partial charge >= 0.3 is 6.18 Å². The highest BCUT2D eigenvalue weighted by Gasteiger charge is 2.31. The Morgan fingerprint density at radius 1 is 1.23 bits per heavy atom. The number of hydrogen-bond acceptors (Lipinski definition) is 5. The van der Waals surface area contributed by atoms with Crippen LogP contribution in [-0.4, -0.2) is 11.2 Å². The van der Waals surface area contributed by atoms with E-state index in [0.29, 0.717) is 20.8 Å². The Bertz CT molecular complexity index is 1110. The Balaban J connectivity index is 1.69. The van der Waals surface area contributed by atoms with Gasteiger partial charge in [-0.1, -0.05) is 17.4 Å². The second kappa shape index (κ2) is 6.17. The minimum absolute atomic E-state index is 0.140. The van der Waals surface area contributed by atoms with Gasteiger partial charge in [-0.3, -0.25) is 9.36 Å². The van der Waals surface area contributed by atoms with Gasteiger partial charge in [-0.15, -0.1) is 0 Å². The molecule has 0 unspecified atom stereocenters. The van der Waals surface area contributed by atoms with Crippen molar-refractivity contribution < 1.29 is 17.6 Å². The molecular weight excluding hydrogens is 367 g/mol. The van der Waals surface area contributed by atoms with Crippen LogP contribution < -0.4 is 19.8 Å². The molecule has 0 aliphatic carbocycles. The summed E-state index contributed by atoms with van der Waals surface area (Å²) in [7, 11) is 0. The van der Waals surface area contributed by atoms with Crippen molar-refractivity contribution in [2.45, 2.75) is 12.8 Å². The Morgan fingerprint density at radius 2 is 2.08 bits per heavy atom. The summed E-state index contributed by atoms with van der Waals surface area (Å²) in [5.74, 6) is 0.552. The van der Waals surface area contributed by atoms with Crippen LogP contribution in [0.3, 0.4) is 0 Å². The van der Waals surface area contributed by atoms with Crippen molar-refractivity contribution in [3.05, 3.63) is 73.7 Å². The number of nitrogens with zero attached hydrogens (tertiary/aromatic N) is 3. The van der Waals surface area contributed by atoms with Gasteiger partial charge in [0.1, 0.15) is 19.1 Å². The summed E-state index contributed by atoms with van der Waals surface area (Å²) in [5.41, 5.74) is -0.615. The van der Waals surface area contributed by atoms with Crippen molar-refractivity contribution in [3.8, 4) is 0 Å². The molecule has 1 aliphatic heterocycles. The van der Waals surface area contributed by atoms with E-state index in [4.69, 9.17) is 4.42 Å². The lowest BCUT2D eigenvalue weighted by atomic mass is 10.2. The minimum atomic E-state index is -4.42. The number of alkyl halides is 3. The molecule has 0 N–H and O–H groups in total. The van der Waals surface area contributed by atoms with Gasteiger partial charge in [0.2, 0.25) is 0 Å². The fourth-order valence-corrected chi connectivity index (χ4v) is 3.60. The molecule has 134 valence electrons. The molecule has 3 aromatic rings. The van der Waals surface area contributed by atoms with E-state index in [9.17, 15) is 18.0 Å². The number of hydrogen-bond donors (Lipinski definition) is 0. The highest BCUT2D eigenvalue weighted by atomic mass is 32.1. The molecule has 0 saturated carbocycles. The fourth-order valence-electron chi connectivity index (χ4n) is 2.66. The van der Waals surface area contributed by atoms with Crippen LogP contribution >= 0.6 is 11.3 Å². The fraction of sp³-hybridized carbons (Fsp3) is 0.176. The molecule has 2 aromatic heterocycles. The van der Waals surface area contributed by atoms with Gasteiger partial charge in [-0.25, -0.2) is 4.99 Å². The summed E-state index contributed by atoms with van der Waals surface area (Å²) < 4.78 is 45.9. The lowest BCUT2D eigenvalue weighted by Crippen LogP contribution is -2.42. The predicted molar refractivity (Wildman–Crippen MR) is 90.4 cm³/mol. The zero-order valence-electron chi connectivity index (χ0n) is 13.2. The maximum absolute atomic E-state index is 12.9. The van der Waals surface area contributed by atoms with E-state index in [1.165, 1.54) is 28.2 Å². The number of thiazole rings is 1. The second-order valence-corrected chi connectivity index (χ2v) is 6.68. The van der Waals surface area contributed by atoms with Crippen molar-refractivity contribution in [2.75, 3.05) is 11.6 Å². The van der Waals surface area contributed by atoms with Crippen LogP contribution in [0.1, 0.15) is 11.3 Å². The third-order valence-electron chi connectivity index (χ3n) is 3.93. The first-order chi connectivity index (χ1) is 12.4. The minimum Gasteiger partial charge on any atom is -0.465 e. The normalized spacial score (nSPS) is 15.0. The van der Waals surface area contributed by atoms with E-state index >= 15 is 0 Å². The first-order valence-corrected chi connectivity index (χ1v) is 8.45. The molecule has 0 saturated heterocycles. The number of aromatic nitrogens is 1. The van der Waals surface area contributed by atoms with Crippen LogP contribution in [0.4, 0.5) is 18.9 Å². The number of anilines is 1. The van der Waals surface area contributed by atoms with Crippen molar-refractivity contribution in [2.24, 2.45) is 4.99 Å². The molecule has 0 atom stereocenters. The third kappa shape index (κ3) is 3.05. The second-order valence-electron chi connectivity index (χ2n) is 5.67. The van der Waals surface area contributed by atoms with Crippen molar-refractivity contribution in [3.63, 3.8) is 0 Å². The molecule has 0 bridgehead atoms. The van der Waals surface area contributed by atoms with Gasteiger partial charge in [-0.05, 0) is 30.3 Å². The lowest BCUT2D eigenvalue weighted by molar-refractivity contribution is -0.137. The van der Waals surface area contributed by atoms with Crippen molar-refractivity contribution >= 4 is 23.1 Å². The molecule has 0 spiro atoms. The molecule has 1 aromatic carbocycles. The van der Waals surface area contributed by atoms with Crippen LogP contribution in [0.5, 0.6) is 0 Å². The molecular formula is C17H12F3N3O2S. The molecule has 5 nitrogen and oxygen atoms in total. The average molecular weight is 379 g/mol. The number of rotatable bonds is 2. The summed E-state index contributed by atoms with van der Waals surface area (Å²) in [6, 6.07) is 8.45. The molecule has 26 heavy (non-hydrogen) atoms. The highest BCUT2D eigenvalue weighted by molar-refractivity contribution is 7.07. The van der Waals surface area contributed by atoms with Gasteiger partial charge in [-0.2, -0.15) is 13.2 Å². The summed E-state index contributed by atoms with van der Waals surface area (Å²) >= 11 is 1.23. The van der Waals surface area contributed by atoms with E-state index in [1.54, 1.807) is 29.2 Å². The number of furan rings is 1. The Morgan fingerprint density at radius 3 is 2.81 bits per heavy atom. The summed E-state index contributed by atoms with van der Waals surface area (Å²) in [4.78, 5) is 19.1. The van der Waals surface area contributed by atoms with E-state index in [2.05, 4.69) is 4.99 Å². The Hall–Kier alpha value is -2.81. The average Bonchev–Trinajstić information content (AvgIpc) is 3.23. The summed E-state index contributed by atoms with van der Waals surface area (Å²) in [6.07, 6.45) is -1.28. The van der Waals surface area contributed by atoms with Crippen LogP contribution in [0.25, 0.3) is 6.08 Å². The maximum Gasteiger partial charge on any atom is 0.416 e. The van der Waals surface area contributed by atoms with Gasteiger partial charge in [0.15, 0.2) is 4.80 Å². The zero-order chi connectivity index (χ0) is 18.3. The molecule has 3 heterocycles. The van der Waals surface area contributed by atoms with E-state index in [1.807, 2.05) is 0 Å². The van der Waals surface area contributed by atoms with Crippen molar-refractivity contribution in [1.29, 1.82) is 0 Å². The first kappa shape index (κ1) is 16.6. The molecule has 1 aliphatic rings. The first-order valence-electron chi connectivity index (χ1n) is 7.63. The van der Waals surface area contributed by atoms with E-state index in [-0.39, 0.29) is 18.9 Å². The SMILES string of the molecule is O=c1/c(=C/c2ccco2)sc2n1CN(c1cccc(C(F)(F)F)c1)CN=2. The summed E-state index contributed by atoms with van der Waals surface area (Å²) in [6.45, 7) is 0.322. The Kier molecular flexibility index (Phi) is 3.95. The molecule has 0 fully saturated rings. The highest BCUT2D eigenvalue weighted by Crippen LogP contribution is 2.31. The molecule has 4 rings (SSSR count). The smallest absolute Gasteiger partial charge is 0.416 e. The van der Waals surface area contributed by atoms with Crippen molar-refractivity contribution in [1.82, 2.24) is 4.57 Å². The van der Waals surface area contributed by atoms with Gasteiger partial charge in [0, 0.05) is 11.8 Å². The van der Waals surface area contributed by atoms with Crippen LogP contribution in [0.2, 0.25) is 0 Å². The maximum atomic E-state index is 12.9. The largest absolute Gasteiger partial charge is 0.465 e. The van der Waals surface area contributed by atoms with E-state index in [0.717, 1.165) is 12.1 Å². The predicted octanol–water partition coefficient (Wildman–Crippen LogP) is 2.41. The van der Waals surface area contributed by atoms with Crippen LogP contribution in [-0.2, 0) is 12.8 Å². The zero-order valence-corrected chi connectivity index (χ0v) is 14.0. The Labute approximate surface area is 148 Å². The molecule has 0 radical (unpaired) electrons. The molecule has 0 amide bonds. The van der Waals surface area contributed by atoms with Gasteiger partial charge < -0.3 is 9.32 Å². The van der Waals surface area contributed by atoms with Crippen LogP contribution in [0.15, 0.2) is 56.9 Å². The van der Waals surface area contributed by atoms with E-state index < -0.39 is 11.7 Å². The molecule has 9 heteroatoms. The van der Waals surface area contributed by atoms with Gasteiger partial charge in [0.05, 0.1) is 16.4 Å². The number of benzene rings is 1. The van der Waals surface area contributed by atoms with Gasteiger partial charge in [0.25, 0.3) is 5.56 Å². The quantitative estimate of drug-likeness (QED) is 0.687. The monoisotopic (exact) mass is 379 g/mol. The number of halogens is 3. The topological polar surface area (TPSA) is 50.7 Å². The standard InChI is InChI=1S/C17H12F3N3O2S/c18-17(19,20)11-3-1-4-12(7-11)22-9-21-16-23(10-22)15(24)14(26-16)8-13-5-2-6-25-13/h1-8H,9-10H2/b14-8-. The van der Waals surface area contributed by atoms with Crippen LogP contribution in [0, 0.1) is 0 Å². The lowest BCUT2D eigenvalue weighted by Gasteiger charge is -2.26. The summed E-state index contributed by atoms with van der Waals surface area (Å²) in [5, 5.41) is 0.